The molecular formula is C12H19N3O2. The number of nitrogens with two attached hydrogens (primary N) is 1. The molecular weight excluding hydrogens is 218 g/mol. The van der Waals surface area contributed by atoms with Crippen molar-refractivity contribution >= 4 is 6.09 Å². The quantitative estimate of drug-likeness (QED) is 0.837. The molecule has 94 valence electrons. The summed E-state index contributed by atoms with van der Waals surface area (Å²) in [5, 5.41) is 2.71. The van der Waals surface area contributed by atoms with Crippen molar-refractivity contribution in [2.75, 3.05) is 6.54 Å². The summed E-state index contributed by atoms with van der Waals surface area (Å²) in [7, 11) is 0. The second-order valence-electron chi connectivity index (χ2n) is 4.72. The van der Waals surface area contributed by atoms with Crippen molar-refractivity contribution in [2.24, 2.45) is 5.73 Å². The highest BCUT2D eigenvalue weighted by Gasteiger charge is 2.19. The van der Waals surface area contributed by atoms with Crippen molar-refractivity contribution in [3.63, 3.8) is 0 Å². The SMILES string of the molecule is CC(C)(C)OC(=O)N[C@H](CN)c1cccnc1. The summed E-state index contributed by atoms with van der Waals surface area (Å²) < 4.78 is 5.17. The molecule has 0 aliphatic rings. The first-order chi connectivity index (χ1) is 7.92. The average molecular weight is 237 g/mol. The summed E-state index contributed by atoms with van der Waals surface area (Å²) >= 11 is 0. The van der Waals surface area contributed by atoms with Gasteiger partial charge in [0.2, 0.25) is 0 Å². The molecule has 0 saturated heterocycles. The van der Waals surface area contributed by atoms with E-state index in [0.29, 0.717) is 6.54 Å². The monoisotopic (exact) mass is 237 g/mol. The lowest BCUT2D eigenvalue weighted by atomic mass is 10.1. The number of pyridine rings is 1. The van der Waals surface area contributed by atoms with Gasteiger partial charge < -0.3 is 15.8 Å². The normalized spacial score (nSPS) is 12.9. The third kappa shape index (κ3) is 4.82. The van der Waals surface area contributed by atoms with Gasteiger partial charge in [-0.2, -0.15) is 0 Å². The van der Waals surface area contributed by atoms with Crippen LogP contribution in [0.3, 0.4) is 0 Å². The molecule has 0 saturated carbocycles. The molecule has 0 aliphatic heterocycles. The fourth-order valence-corrected chi connectivity index (χ4v) is 1.31. The third-order valence-corrected chi connectivity index (χ3v) is 2.01. The molecule has 1 aromatic heterocycles. The number of carbonyl (C=O) groups is 1. The summed E-state index contributed by atoms with van der Waals surface area (Å²) in [5.41, 5.74) is 5.96. The van der Waals surface area contributed by atoms with Gasteiger partial charge >= 0.3 is 6.09 Å². The zero-order valence-electron chi connectivity index (χ0n) is 10.4. The van der Waals surface area contributed by atoms with Crippen LogP contribution in [-0.2, 0) is 4.74 Å². The van der Waals surface area contributed by atoms with E-state index < -0.39 is 11.7 Å². The molecule has 1 atom stereocenters. The van der Waals surface area contributed by atoms with E-state index in [0.717, 1.165) is 5.56 Å². The molecule has 0 spiro atoms. The summed E-state index contributed by atoms with van der Waals surface area (Å²) in [6, 6.07) is 3.38. The number of carbonyl (C=O) groups excluding carboxylic acids is 1. The highest BCUT2D eigenvalue weighted by Crippen LogP contribution is 2.12. The lowest BCUT2D eigenvalue weighted by Gasteiger charge is -2.23. The fraction of sp³-hybridized carbons (Fsp3) is 0.500. The smallest absolute Gasteiger partial charge is 0.408 e. The average Bonchev–Trinajstić information content (AvgIpc) is 2.24. The van der Waals surface area contributed by atoms with Gasteiger partial charge in [0, 0.05) is 18.9 Å². The van der Waals surface area contributed by atoms with E-state index in [-0.39, 0.29) is 6.04 Å². The van der Waals surface area contributed by atoms with Crippen molar-refractivity contribution in [1.82, 2.24) is 10.3 Å². The minimum Gasteiger partial charge on any atom is -0.444 e. The van der Waals surface area contributed by atoms with Gasteiger partial charge in [-0.25, -0.2) is 4.79 Å². The second kappa shape index (κ2) is 5.63. The number of rotatable bonds is 3. The molecule has 0 bridgehead atoms. The minimum atomic E-state index is -0.516. The van der Waals surface area contributed by atoms with E-state index in [9.17, 15) is 4.79 Å². The first kappa shape index (κ1) is 13.4. The van der Waals surface area contributed by atoms with E-state index in [1.54, 1.807) is 18.5 Å². The van der Waals surface area contributed by atoms with Crippen molar-refractivity contribution < 1.29 is 9.53 Å². The molecule has 1 rings (SSSR count). The number of aromatic nitrogens is 1. The molecule has 0 radical (unpaired) electrons. The minimum absolute atomic E-state index is 0.279. The Balaban J connectivity index is 2.62. The van der Waals surface area contributed by atoms with Crippen LogP contribution >= 0.6 is 0 Å². The molecule has 5 heteroatoms. The van der Waals surface area contributed by atoms with Crippen LogP contribution in [0.25, 0.3) is 0 Å². The molecule has 3 N–H and O–H groups in total. The van der Waals surface area contributed by atoms with Gasteiger partial charge in [-0.1, -0.05) is 6.07 Å². The predicted molar refractivity (Wildman–Crippen MR) is 65.4 cm³/mol. The Morgan fingerprint density at radius 3 is 2.76 bits per heavy atom. The van der Waals surface area contributed by atoms with E-state index >= 15 is 0 Å². The molecule has 1 amide bonds. The molecule has 5 nitrogen and oxygen atoms in total. The molecule has 1 aromatic rings. The zero-order chi connectivity index (χ0) is 12.9. The van der Waals surface area contributed by atoms with Crippen molar-refractivity contribution in [1.29, 1.82) is 0 Å². The van der Waals surface area contributed by atoms with E-state index in [1.807, 2.05) is 26.8 Å². The van der Waals surface area contributed by atoms with E-state index in [2.05, 4.69) is 10.3 Å². The van der Waals surface area contributed by atoms with E-state index in [1.165, 1.54) is 0 Å². The number of nitrogens with zero attached hydrogens (tertiary/aromatic N) is 1. The molecule has 0 unspecified atom stereocenters. The van der Waals surface area contributed by atoms with Gasteiger partial charge in [0.15, 0.2) is 0 Å². The Hall–Kier alpha value is -1.62. The first-order valence-corrected chi connectivity index (χ1v) is 5.52. The zero-order valence-corrected chi connectivity index (χ0v) is 10.4. The number of ether oxygens (including phenoxy) is 1. The fourth-order valence-electron chi connectivity index (χ4n) is 1.31. The molecule has 0 fully saturated rings. The van der Waals surface area contributed by atoms with Gasteiger partial charge in [-0.05, 0) is 32.4 Å². The van der Waals surface area contributed by atoms with Gasteiger partial charge in [-0.15, -0.1) is 0 Å². The van der Waals surface area contributed by atoms with Crippen molar-refractivity contribution in [3.05, 3.63) is 30.1 Å². The van der Waals surface area contributed by atoms with Crippen LogP contribution in [-0.4, -0.2) is 23.2 Å². The first-order valence-electron chi connectivity index (χ1n) is 5.52. The number of nitrogens with one attached hydrogen (secondary N) is 1. The largest absolute Gasteiger partial charge is 0.444 e. The Kier molecular flexibility index (Phi) is 4.45. The van der Waals surface area contributed by atoms with Crippen LogP contribution in [0.2, 0.25) is 0 Å². The number of hydrogen-bond donors (Lipinski definition) is 2. The summed E-state index contributed by atoms with van der Waals surface area (Å²) in [6.45, 7) is 5.74. The van der Waals surface area contributed by atoms with Crippen LogP contribution in [0.15, 0.2) is 24.5 Å². The molecule has 0 aliphatic carbocycles. The summed E-state index contributed by atoms with van der Waals surface area (Å²) in [4.78, 5) is 15.6. The molecule has 0 aromatic carbocycles. The topological polar surface area (TPSA) is 77.2 Å². The number of amides is 1. The van der Waals surface area contributed by atoms with Gasteiger partial charge in [0.1, 0.15) is 5.60 Å². The maximum atomic E-state index is 11.6. The Labute approximate surface area is 101 Å². The van der Waals surface area contributed by atoms with Gasteiger partial charge in [-0.3, -0.25) is 4.98 Å². The number of hydrogen-bond acceptors (Lipinski definition) is 4. The highest BCUT2D eigenvalue weighted by atomic mass is 16.6. The molecule has 1 heterocycles. The van der Waals surface area contributed by atoms with Gasteiger partial charge in [0.25, 0.3) is 0 Å². The maximum absolute atomic E-state index is 11.6. The van der Waals surface area contributed by atoms with E-state index in [4.69, 9.17) is 10.5 Å². The molecule has 17 heavy (non-hydrogen) atoms. The van der Waals surface area contributed by atoms with Gasteiger partial charge in [0.05, 0.1) is 6.04 Å². The highest BCUT2D eigenvalue weighted by molar-refractivity contribution is 5.68. The van der Waals surface area contributed by atoms with Crippen molar-refractivity contribution in [3.8, 4) is 0 Å². The van der Waals surface area contributed by atoms with Crippen LogP contribution < -0.4 is 11.1 Å². The third-order valence-electron chi connectivity index (χ3n) is 2.01. The lowest BCUT2D eigenvalue weighted by Crippen LogP contribution is -2.37. The Morgan fingerprint density at radius 1 is 1.59 bits per heavy atom. The Bertz CT molecular complexity index is 360. The Morgan fingerprint density at radius 2 is 2.29 bits per heavy atom. The number of alkyl carbamates (subject to hydrolysis) is 1. The van der Waals surface area contributed by atoms with Crippen molar-refractivity contribution in [2.45, 2.75) is 32.4 Å². The van der Waals surface area contributed by atoms with Crippen LogP contribution in [0.4, 0.5) is 4.79 Å². The van der Waals surface area contributed by atoms with Crippen LogP contribution in [0.1, 0.15) is 32.4 Å². The second-order valence-corrected chi connectivity index (χ2v) is 4.72. The lowest BCUT2D eigenvalue weighted by molar-refractivity contribution is 0.0505. The predicted octanol–water partition coefficient (Wildman–Crippen LogP) is 1.61. The summed E-state index contributed by atoms with van der Waals surface area (Å²) in [6.07, 6.45) is 2.87. The summed E-state index contributed by atoms with van der Waals surface area (Å²) in [5.74, 6) is 0. The standard InChI is InChI=1S/C12H19N3O2/c1-12(2,3)17-11(16)15-10(7-13)9-5-4-6-14-8-9/h4-6,8,10H,7,13H2,1-3H3,(H,15,16)/t10-/m1/s1. The van der Waals surface area contributed by atoms with Crippen LogP contribution in [0, 0.1) is 0 Å². The van der Waals surface area contributed by atoms with Crippen LogP contribution in [0.5, 0.6) is 0 Å². The maximum Gasteiger partial charge on any atom is 0.408 e.